The van der Waals surface area contributed by atoms with Crippen LogP contribution in [0.5, 0.6) is 11.5 Å². The second-order valence-electron chi connectivity index (χ2n) is 5.61. The number of amides is 1. The molecule has 0 radical (unpaired) electrons. The Bertz CT molecular complexity index is 749. The van der Waals surface area contributed by atoms with E-state index in [1.165, 1.54) is 12.7 Å². The molecule has 0 atom stereocenters. The van der Waals surface area contributed by atoms with Crippen molar-refractivity contribution in [3.8, 4) is 17.6 Å². The van der Waals surface area contributed by atoms with Crippen molar-refractivity contribution in [3.63, 3.8) is 0 Å². The first-order valence-electron chi connectivity index (χ1n) is 8.26. The van der Waals surface area contributed by atoms with Gasteiger partial charge in [0.15, 0.2) is 18.1 Å². The molecule has 0 aliphatic carbocycles. The van der Waals surface area contributed by atoms with E-state index in [0.29, 0.717) is 17.1 Å². The fourth-order valence-corrected chi connectivity index (χ4v) is 2.33. The van der Waals surface area contributed by atoms with Gasteiger partial charge in [-0.05, 0) is 42.7 Å². The molecule has 0 aromatic heterocycles. The van der Waals surface area contributed by atoms with Crippen LogP contribution in [0.3, 0.4) is 0 Å². The first kappa shape index (κ1) is 18.3. The highest BCUT2D eigenvalue weighted by Crippen LogP contribution is 2.27. The fourth-order valence-electron chi connectivity index (χ4n) is 2.33. The summed E-state index contributed by atoms with van der Waals surface area (Å²) in [5.41, 5.74) is 2.47. The Hall–Kier alpha value is -3.00. The number of methoxy groups -OCH3 is 1. The number of carbonyl (C=O) groups excluding carboxylic acids is 1. The van der Waals surface area contributed by atoms with Crippen LogP contribution in [0.25, 0.3) is 0 Å². The molecule has 5 heteroatoms. The van der Waals surface area contributed by atoms with Gasteiger partial charge in [-0.25, -0.2) is 0 Å². The van der Waals surface area contributed by atoms with Gasteiger partial charge in [-0.2, -0.15) is 5.26 Å². The van der Waals surface area contributed by atoms with E-state index in [2.05, 4.69) is 12.2 Å². The molecule has 0 fully saturated rings. The summed E-state index contributed by atoms with van der Waals surface area (Å²) in [4.78, 5) is 12.0. The topological polar surface area (TPSA) is 71.3 Å². The highest BCUT2D eigenvalue weighted by Gasteiger charge is 2.09. The third-order valence-corrected chi connectivity index (χ3v) is 3.71. The maximum absolute atomic E-state index is 12.0. The van der Waals surface area contributed by atoms with Gasteiger partial charge >= 0.3 is 0 Å². The van der Waals surface area contributed by atoms with E-state index >= 15 is 0 Å². The molecule has 0 unspecified atom stereocenters. The first-order valence-corrected chi connectivity index (χ1v) is 8.26. The van der Waals surface area contributed by atoms with Crippen LogP contribution in [0.1, 0.15) is 30.9 Å². The van der Waals surface area contributed by atoms with E-state index in [1.807, 2.05) is 30.3 Å². The number of hydrogen-bond acceptors (Lipinski definition) is 4. The zero-order chi connectivity index (χ0) is 18.1. The number of nitriles is 1. The number of rotatable bonds is 8. The van der Waals surface area contributed by atoms with Gasteiger partial charge in [0.05, 0.1) is 18.7 Å². The molecule has 5 nitrogen and oxygen atoms in total. The minimum absolute atomic E-state index is 0.139. The van der Waals surface area contributed by atoms with Gasteiger partial charge in [-0.1, -0.05) is 25.5 Å². The van der Waals surface area contributed by atoms with Gasteiger partial charge < -0.3 is 14.8 Å². The summed E-state index contributed by atoms with van der Waals surface area (Å²) in [5.74, 6) is 0.589. The van der Waals surface area contributed by atoms with Crippen molar-refractivity contribution in [2.24, 2.45) is 0 Å². The fraction of sp³-hybridized carbons (Fsp3) is 0.300. The van der Waals surface area contributed by atoms with E-state index < -0.39 is 0 Å². The van der Waals surface area contributed by atoms with Crippen molar-refractivity contribution in [1.82, 2.24) is 0 Å². The molecule has 0 bridgehead atoms. The molecule has 130 valence electrons. The summed E-state index contributed by atoms with van der Waals surface area (Å²) in [6.07, 6.45) is 3.37. The monoisotopic (exact) mass is 338 g/mol. The van der Waals surface area contributed by atoms with Crippen molar-refractivity contribution >= 4 is 11.6 Å². The van der Waals surface area contributed by atoms with E-state index in [0.717, 1.165) is 24.9 Å². The summed E-state index contributed by atoms with van der Waals surface area (Å²) in [7, 11) is 1.49. The number of carbonyl (C=O) groups is 1. The lowest BCUT2D eigenvalue weighted by molar-refractivity contribution is -0.118. The number of anilines is 1. The molecule has 0 heterocycles. The highest BCUT2D eigenvalue weighted by atomic mass is 16.5. The van der Waals surface area contributed by atoms with Crippen LogP contribution in [0.4, 0.5) is 5.69 Å². The zero-order valence-electron chi connectivity index (χ0n) is 14.5. The number of unbranched alkanes of at least 4 members (excludes halogenated alkanes) is 1. The number of aryl methyl sites for hydroxylation is 1. The van der Waals surface area contributed by atoms with Gasteiger partial charge in [-0.3, -0.25) is 4.79 Å². The zero-order valence-corrected chi connectivity index (χ0v) is 14.5. The summed E-state index contributed by atoms with van der Waals surface area (Å²) >= 11 is 0. The van der Waals surface area contributed by atoms with Crippen LogP contribution in [0.15, 0.2) is 42.5 Å². The quantitative estimate of drug-likeness (QED) is 0.792. The van der Waals surface area contributed by atoms with E-state index in [1.54, 1.807) is 18.2 Å². The Labute approximate surface area is 148 Å². The van der Waals surface area contributed by atoms with Crippen LogP contribution in [0.2, 0.25) is 0 Å². The lowest BCUT2D eigenvalue weighted by Gasteiger charge is -2.11. The molecule has 2 aromatic carbocycles. The SMILES string of the molecule is CCCCc1ccc(NC(=O)COc2ccc(C#N)cc2OC)cc1. The molecule has 0 aliphatic heterocycles. The summed E-state index contributed by atoms with van der Waals surface area (Å²) in [6.45, 7) is 2.03. The molecular formula is C20H22N2O3. The molecular weight excluding hydrogens is 316 g/mol. The van der Waals surface area contributed by atoms with Gasteiger partial charge in [0.25, 0.3) is 5.91 Å². The molecule has 0 saturated carbocycles. The Kier molecular flexibility index (Phi) is 6.85. The van der Waals surface area contributed by atoms with Gasteiger partial charge in [0.1, 0.15) is 0 Å². The van der Waals surface area contributed by atoms with Gasteiger partial charge in [0, 0.05) is 11.8 Å². The third kappa shape index (κ3) is 5.54. The Morgan fingerprint density at radius 1 is 1.16 bits per heavy atom. The normalized spacial score (nSPS) is 9.96. The number of nitrogens with one attached hydrogen (secondary N) is 1. The Morgan fingerprint density at radius 2 is 1.92 bits per heavy atom. The molecule has 25 heavy (non-hydrogen) atoms. The maximum atomic E-state index is 12.0. The largest absolute Gasteiger partial charge is 0.493 e. The average Bonchev–Trinajstić information content (AvgIpc) is 2.65. The van der Waals surface area contributed by atoms with Gasteiger partial charge in [0.2, 0.25) is 0 Å². The van der Waals surface area contributed by atoms with Crippen LogP contribution in [-0.2, 0) is 11.2 Å². The van der Waals surface area contributed by atoms with Crippen molar-refractivity contribution in [1.29, 1.82) is 5.26 Å². The number of nitrogens with zero attached hydrogens (tertiary/aromatic N) is 1. The van der Waals surface area contributed by atoms with Gasteiger partial charge in [-0.15, -0.1) is 0 Å². The lowest BCUT2D eigenvalue weighted by atomic mass is 10.1. The standard InChI is InChI=1S/C20H22N2O3/c1-3-4-5-15-6-9-17(10-7-15)22-20(23)14-25-18-11-8-16(13-21)12-19(18)24-2/h6-12H,3-5,14H2,1-2H3,(H,22,23). The minimum Gasteiger partial charge on any atom is -0.493 e. The summed E-state index contributed by atoms with van der Waals surface area (Å²) in [6, 6.07) is 14.7. The molecule has 1 amide bonds. The second kappa shape index (κ2) is 9.33. The number of benzene rings is 2. The lowest BCUT2D eigenvalue weighted by Crippen LogP contribution is -2.20. The van der Waals surface area contributed by atoms with Crippen LogP contribution in [0, 0.1) is 11.3 Å². The molecule has 0 aliphatic rings. The average molecular weight is 338 g/mol. The first-order chi connectivity index (χ1) is 12.2. The smallest absolute Gasteiger partial charge is 0.262 e. The number of hydrogen-bond donors (Lipinski definition) is 1. The van der Waals surface area contributed by atoms with Crippen LogP contribution >= 0.6 is 0 Å². The summed E-state index contributed by atoms with van der Waals surface area (Å²) in [5, 5.41) is 11.7. The maximum Gasteiger partial charge on any atom is 0.262 e. The predicted molar refractivity (Wildman–Crippen MR) is 96.9 cm³/mol. The predicted octanol–water partition coefficient (Wildman–Crippen LogP) is 3.93. The highest BCUT2D eigenvalue weighted by molar-refractivity contribution is 5.91. The molecule has 2 rings (SSSR count). The molecule has 2 aromatic rings. The Morgan fingerprint density at radius 3 is 2.56 bits per heavy atom. The molecule has 0 saturated heterocycles. The third-order valence-electron chi connectivity index (χ3n) is 3.71. The number of ether oxygens (including phenoxy) is 2. The van der Waals surface area contributed by atoms with Crippen molar-refractivity contribution in [2.45, 2.75) is 26.2 Å². The van der Waals surface area contributed by atoms with Crippen LogP contribution in [-0.4, -0.2) is 19.6 Å². The van der Waals surface area contributed by atoms with Crippen molar-refractivity contribution in [2.75, 3.05) is 19.0 Å². The van der Waals surface area contributed by atoms with Crippen LogP contribution < -0.4 is 14.8 Å². The Balaban J connectivity index is 1.89. The summed E-state index contributed by atoms with van der Waals surface area (Å²) < 4.78 is 10.7. The second-order valence-corrected chi connectivity index (χ2v) is 5.61. The van der Waals surface area contributed by atoms with E-state index in [4.69, 9.17) is 14.7 Å². The van der Waals surface area contributed by atoms with Crippen molar-refractivity contribution < 1.29 is 14.3 Å². The van der Waals surface area contributed by atoms with E-state index in [9.17, 15) is 4.79 Å². The van der Waals surface area contributed by atoms with E-state index in [-0.39, 0.29) is 12.5 Å². The molecule has 1 N–H and O–H groups in total. The minimum atomic E-state index is -0.257. The molecule has 0 spiro atoms. The van der Waals surface area contributed by atoms with Crippen molar-refractivity contribution in [3.05, 3.63) is 53.6 Å².